The summed E-state index contributed by atoms with van der Waals surface area (Å²) >= 11 is 0. The Hall–Kier alpha value is -5.27. The van der Waals surface area contributed by atoms with Crippen molar-refractivity contribution in [2.24, 2.45) is 0 Å². The molecule has 1 aliphatic rings. The number of nitrogens with zero attached hydrogens (tertiary/aromatic N) is 6. The molecule has 1 unspecified atom stereocenters. The molecule has 1 aliphatic heterocycles. The fourth-order valence-corrected chi connectivity index (χ4v) is 11.5. The number of hydrogen-bond donors (Lipinski definition) is 1. The van der Waals surface area contributed by atoms with Crippen LogP contribution in [0.3, 0.4) is 0 Å². The molecule has 360 valence electrons. The molecule has 4 aromatic carbocycles. The number of benzene rings is 4. The number of rotatable bonds is 20. The summed E-state index contributed by atoms with van der Waals surface area (Å²) in [4.78, 5) is 14.4. The van der Waals surface area contributed by atoms with E-state index in [0.29, 0.717) is 34.0 Å². The van der Waals surface area contributed by atoms with Crippen molar-refractivity contribution in [1.82, 2.24) is 24.2 Å². The number of nitriles is 1. The van der Waals surface area contributed by atoms with Gasteiger partial charge in [-0.25, -0.2) is 19.6 Å². The lowest BCUT2D eigenvalue weighted by Gasteiger charge is -2.42. The monoisotopic (exact) mass is 959 g/mol. The minimum Gasteiger partial charge on any atom is -0.497 e. The number of fused-ring (bicyclic) bond motifs is 1. The van der Waals surface area contributed by atoms with Gasteiger partial charge in [-0.2, -0.15) is 5.26 Å². The number of nitrogens with two attached hydrogens (primary N) is 1. The number of methoxy groups -OCH3 is 2. The van der Waals surface area contributed by atoms with Crippen molar-refractivity contribution >= 4 is 33.7 Å². The quantitative estimate of drug-likeness (QED) is 0.0253. The minimum atomic E-state index is -2.62. The zero-order chi connectivity index (χ0) is 48.8. The van der Waals surface area contributed by atoms with Gasteiger partial charge in [-0.15, -0.1) is 0 Å². The van der Waals surface area contributed by atoms with Crippen LogP contribution in [0.4, 0.5) is 5.69 Å². The number of anilines is 1. The Labute approximate surface area is 403 Å². The third-order valence-electron chi connectivity index (χ3n) is 12.8. The summed E-state index contributed by atoms with van der Waals surface area (Å²) in [5.41, 5.74) is 10.9. The van der Waals surface area contributed by atoms with Crippen LogP contribution in [-0.4, -0.2) is 90.3 Å². The second kappa shape index (κ2) is 21.6. The maximum atomic E-state index is 9.66. The molecule has 0 saturated carbocycles. The van der Waals surface area contributed by atoms with Gasteiger partial charge in [0.05, 0.1) is 46.3 Å². The summed E-state index contributed by atoms with van der Waals surface area (Å²) in [5.74, 6) is 1.43. The molecule has 6 aromatic rings. The van der Waals surface area contributed by atoms with E-state index in [4.69, 9.17) is 48.1 Å². The standard InChI is InChI=1S/C52H66N7O7PSi/c1-35(2)59(36(3)4)67(63-30-16-29-53)65-47-44(32-62-52(38-18-13-12-14-19-38,39-21-25-42(60-8)26-22-39)40-23-27-43(61-9)28-24-40)64-50(48(47)66-68(10,11)51(5,6)7)58-34-57-46-45(55-33-56-49(46)58)37-17-15-20-41(54)31-37/h12-15,17-28,31,33-36,44,47-48,50H,16,30,32,54H2,1-11H3/t44-,47-,48-,50-,67?/m1/s1. The van der Waals surface area contributed by atoms with Gasteiger partial charge in [0, 0.05) is 23.3 Å². The molecule has 2 N–H and O–H groups in total. The van der Waals surface area contributed by atoms with Gasteiger partial charge >= 0.3 is 0 Å². The predicted molar refractivity (Wildman–Crippen MR) is 270 cm³/mol. The second-order valence-corrected chi connectivity index (χ2v) is 25.2. The molecule has 5 atom stereocenters. The van der Waals surface area contributed by atoms with E-state index in [1.807, 2.05) is 95.6 Å². The molecular weight excluding hydrogens is 894 g/mol. The van der Waals surface area contributed by atoms with Crippen LogP contribution < -0.4 is 15.2 Å². The molecule has 0 amide bonds. The third kappa shape index (κ3) is 10.6. The molecule has 0 radical (unpaired) electrons. The molecule has 3 heterocycles. The predicted octanol–water partition coefficient (Wildman–Crippen LogP) is 11.1. The summed E-state index contributed by atoms with van der Waals surface area (Å²) in [7, 11) is -1.10. The molecule has 0 bridgehead atoms. The maximum absolute atomic E-state index is 9.66. The van der Waals surface area contributed by atoms with E-state index in [1.54, 1.807) is 20.5 Å². The first kappa shape index (κ1) is 50.6. The Balaban J connectivity index is 1.43. The summed E-state index contributed by atoms with van der Waals surface area (Å²) < 4.78 is 52.1. The molecule has 14 nitrogen and oxygen atoms in total. The van der Waals surface area contributed by atoms with Gasteiger partial charge in [0.1, 0.15) is 52.9 Å². The van der Waals surface area contributed by atoms with Crippen LogP contribution in [0.5, 0.6) is 11.5 Å². The van der Waals surface area contributed by atoms with Crippen molar-refractivity contribution in [3.8, 4) is 28.8 Å². The van der Waals surface area contributed by atoms with Crippen LogP contribution in [0.15, 0.2) is 116 Å². The van der Waals surface area contributed by atoms with Crippen LogP contribution >= 0.6 is 8.53 Å². The average molecular weight is 960 g/mol. The highest BCUT2D eigenvalue weighted by Gasteiger charge is 2.54. The molecule has 2 aromatic heterocycles. The van der Waals surface area contributed by atoms with Gasteiger partial charge in [-0.3, -0.25) is 4.57 Å². The number of aromatic nitrogens is 4. The van der Waals surface area contributed by atoms with Crippen LogP contribution in [0.2, 0.25) is 18.1 Å². The SMILES string of the molecule is COc1ccc(C(OC[C@H]2O[C@@H](n3cnc4c(-c5cccc(N)c5)ncnc43)[C@H](O[Si](C)(C)C(C)(C)C)[C@@H]2OP(OCCC#N)N(C(C)C)C(C)C)(c2ccccc2)c2ccc(OC)cc2)cc1. The van der Waals surface area contributed by atoms with E-state index in [9.17, 15) is 5.26 Å². The van der Waals surface area contributed by atoms with Gasteiger partial charge in [-0.05, 0) is 98.9 Å². The topological polar surface area (TPSA) is 161 Å². The molecular formula is C52H66N7O7PSi. The van der Waals surface area contributed by atoms with Crippen molar-refractivity contribution in [2.75, 3.05) is 33.2 Å². The zero-order valence-corrected chi connectivity index (χ0v) is 43.0. The smallest absolute Gasteiger partial charge is 0.259 e. The summed E-state index contributed by atoms with van der Waals surface area (Å²) in [6.07, 6.45) is 0.439. The maximum Gasteiger partial charge on any atom is 0.259 e. The third-order valence-corrected chi connectivity index (χ3v) is 19.4. The Bertz CT molecular complexity index is 2560. The molecule has 1 fully saturated rings. The van der Waals surface area contributed by atoms with Gasteiger partial charge in [0.15, 0.2) is 20.2 Å². The van der Waals surface area contributed by atoms with Crippen LogP contribution in [-0.2, 0) is 28.5 Å². The van der Waals surface area contributed by atoms with Crippen LogP contribution in [0.1, 0.15) is 77.8 Å². The Morgan fingerprint density at radius 2 is 1.44 bits per heavy atom. The normalized spacial score (nSPS) is 18.4. The van der Waals surface area contributed by atoms with Crippen molar-refractivity contribution in [2.45, 2.75) is 115 Å². The van der Waals surface area contributed by atoms with E-state index in [2.05, 4.69) is 89.4 Å². The van der Waals surface area contributed by atoms with E-state index in [1.165, 1.54) is 6.33 Å². The summed E-state index contributed by atoms with van der Waals surface area (Å²) in [5, 5.41) is 9.46. The largest absolute Gasteiger partial charge is 0.497 e. The highest BCUT2D eigenvalue weighted by Crippen LogP contribution is 2.53. The molecule has 16 heteroatoms. The number of hydrogen-bond acceptors (Lipinski definition) is 13. The van der Waals surface area contributed by atoms with Crippen molar-refractivity contribution < 1.29 is 32.4 Å². The fraction of sp³-hybridized carbons (Fsp3) is 0.423. The first-order valence-electron chi connectivity index (χ1n) is 23.1. The molecule has 1 saturated heterocycles. The molecule has 7 rings (SSSR count). The Kier molecular flexibility index (Phi) is 16.1. The highest BCUT2D eigenvalue weighted by molar-refractivity contribution is 7.44. The molecule has 0 aliphatic carbocycles. The van der Waals surface area contributed by atoms with Crippen LogP contribution in [0.25, 0.3) is 22.4 Å². The van der Waals surface area contributed by atoms with Gasteiger partial charge in [0.2, 0.25) is 0 Å². The minimum absolute atomic E-state index is 0.0337. The van der Waals surface area contributed by atoms with Gasteiger partial charge < -0.3 is 38.2 Å². The lowest BCUT2D eigenvalue weighted by atomic mass is 9.80. The van der Waals surface area contributed by atoms with Gasteiger partial charge in [0.25, 0.3) is 8.53 Å². The lowest BCUT2D eigenvalue weighted by molar-refractivity contribution is -0.0926. The van der Waals surface area contributed by atoms with Gasteiger partial charge in [-0.1, -0.05) is 87.5 Å². The first-order valence-corrected chi connectivity index (χ1v) is 27.2. The molecule has 0 spiro atoms. The van der Waals surface area contributed by atoms with Crippen molar-refractivity contribution in [3.05, 3.63) is 132 Å². The van der Waals surface area contributed by atoms with Crippen molar-refractivity contribution in [1.29, 1.82) is 5.26 Å². The summed E-state index contributed by atoms with van der Waals surface area (Å²) in [6.45, 7) is 19.8. The highest BCUT2D eigenvalue weighted by atomic mass is 31.2. The van der Waals surface area contributed by atoms with E-state index in [0.717, 1.165) is 22.3 Å². The average Bonchev–Trinajstić information content (AvgIpc) is 3.89. The zero-order valence-electron chi connectivity index (χ0n) is 41.1. The summed E-state index contributed by atoms with van der Waals surface area (Å²) in [6, 6.07) is 36.0. The van der Waals surface area contributed by atoms with E-state index >= 15 is 0 Å². The lowest BCUT2D eigenvalue weighted by Crippen LogP contribution is -2.50. The number of ether oxygens (including phenoxy) is 4. The Morgan fingerprint density at radius 1 is 0.824 bits per heavy atom. The van der Waals surface area contributed by atoms with Crippen LogP contribution in [0, 0.1) is 11.3 Å². The van der Waals surface area contributed by atoms with E-state index in [-0.39, 0.29) is 36.8 Å². The van der Waals surface area contributed by atoms with Crippen molar-refractivity contribution in [3.63, 3.8) is 0 Å². The molecule has 68 heavy (non-hydrogen) atoms. The number of imidazole rings is 1. The first-order chi connectivity index (χ1) is 32.5. The Morgan fingerprint density at radius 3 is 2.00 bits per heavy atom. The number of nitrogen functional groups attached to an aromatic ring is 1. The fourth-order valence-electron chi connectivity index (χ4n) is 8.45. The van der Waals surface area contributed by atoms with E-state index < -0.39 is 47.0 Å². The second-order valence-electron chi connectivity index (χ2n) is 19.0.